The molecule has 0 saturated carbocycles. The number of piperidine rings is 1. The summed E-state index contributed by atoms with van der Waals surface area (Å²) in [5.74, 6) is -2.13. The van der Waals surface area contributed by atoms with Crippen molar-refractivity contribution in [2.24, 2.45) is 4.99 Å². The van der Waals surface area contributed by atoms with E-state index in [1.807, 2.05) is 0 Å². The first-order valence-electron chi connectivity index (χ1n) is 6.86. The van der Waals surface area contributed by atoms with Crippen molar-refractivity contribution >= 4 is 28.9 Å². The van der Waals surface area contributed by atoms with E-state index in [2.05, 4.69) is 9.89 Å². The number of hydrogen-bond donors (Lipinski definition) is 0. The molecule has 21 heavy (non-hydrogen) atoms. The lowest BCUT2D eigenvalue weighted by atomic mass is 10.1. The summed E-state index contributed by atoms with van der Waals surface area (Å²) in [5.41, 5.74) is 0.458. The van der Waals surface area contributed by atoms with Crippen molar-refractivity contribution in [1.29, 1.82) is 0 Å². The fourth-order valence-corrected chi connectivity index (χ4v) is 3.34. The highest BCUT2D eigenvalue weighted by atomic mass is 32.2. The number of amides is 1. The molecule has 0 N–H and O–H groups in total. The van der Waals surface area contributed by atoms with Gasteiger partial charge in [-0.25, -0.2) is 8.78 Å². The molecule has 3 rings (SSSR count). The predicted octanol–water partition coefficient (Wildman–Crippen LogP) is 3.42. The maximum Gasteiger partial charge on any atom is 0.286 e. The molecule has 1 fully saturated rings. The van der Waals surface area contributed by atoms with Crippen LogP contribution in [-0.2, 0) is 4.79 Å². The van der Waals surface area contributed by atoms with Crippen LogP contribution in [0.15, 0.2) is 28.1 Å². The number of halogens is 2. The lowest BCUT2D eigenvalue weighted by Gasteiger charge is -2.27. The maximum absolute atomic E-state index is 13.2. The van der Waals surface area contributed by atoms with E-state index in [0.717, 1.165) is 38.1 Å². The number of rotatable bonds is 1. The Kier molecular flexibility index (Phi) is 4.05. The van der Waals surface area contributed by atoms with Crippen molar-refractivity contribution in [2.45, 2.75) is 19.3 Å². The average molecular weight is 308 g/mol. The third-order valence-corrected chi connectivity index (χ3v) is 4.52. The topological polar surface area (TPSA) is 32.7 Å². The summed E-state index contributed by atoms with van der Waals surface area (Å²) >= 11 is 1.30. The maximum atomic E-state index is 13.2. The minimum absolute atomic E-state index is 0.315. The van der Waals surface area contributed by atoms with E-state index in [0.29, 0.717) is 15.6 Å². The zero-order valence-electron chi connectivity index (χ0n) is 11.3. The Labute approximate surface area is 125 Å². The molecule has 0 spiro atoms. The van der Waals surface area contributed by atoms with Crippen molar-refractivity contribution in [3.05, 3.63) is 40.3 Å². The van der Waals surface area contributed by atoms with Crippen LogP contribution in [-0.4, -0.2) is 29.1 Å². The van der Waals surface area contributed by atoms with Gasteiger partial charge in [0, 0.05) is 13.1 Å². The summed E-state index contributed by atoms with van der Waals surface area (Å²) in [6, 6.07) is 3.57. The van der Waals surface area contributed by atoms with E-state index >= 15 is 0 Å². The van der Waals surface area contributed by atoms with Crippen LogP contribution in [0.5, 0.6) is 0 Å². The van der Waals surface area contributed by atoms with E-state index in [4.69, 9.17) is 0 Å². The van der Waals surface area contributed by atoms with Gasteiger partial charge in [0.1, 0.15) is 0 Å². The van der Waals surface area contributed by atoms with Crippen LogP contribution >= 0.6 is 11.8 Å². The fraction of sp³-hybridized carbons (Fsp3) is 0.333. The monoisotopic (exact) mass is 308 g/mol. The highest BCUT2D eigenvalue weighted by Gasteiger charge is 2.26. The standard InChI is InChI=1S/C15H14F2N2OS/c16-11-5-4-10(8-12(11)17)9-13-14(20)18-15(21-13)19-6-2-1-3-7-19/h4-5,8-9H,1-3,6-7H2/b13-9-. The van der Waals surface area contributed by atoms with Gasteiger partial charge in [0.05, 0.1) is 4.91 Å². The highest BCUT2D eigenvalue weighted by molar-refractivity contribution is 8.18. The molecule has 1 aromatic carbocycles. The number of benzene rings is 1. The first-order valence-corrected chi connectivity index (χ1v) is 7.68. The zero-order chi connectivity index (χ0) is 14.8. The second kappa shape index (κ2) is 5.97. The van der Waals surface area contributed by atoms with Crippen molar-refractivity contribution < 1.29 is 13.6 Å². The molecule has 1 saturated heterocycles. The lowest BCUT2D eigenvalue weighted by Crippen LogP contribution is -2.33. The number of thioether (sulfide) groups is 1. The van der Waals surface area contributed by atoms with Crippen LogP contribution in [0.1, 0.15) is 24.8 Å². The molecule has 1 aromatic rings. The molecule has 3 nitrogen and oxygen atoms in total. The number of likely N-dealkylation sites (tertiary alicyclic amines) is 1. The Hall–Kier alpha value is -1.69. The SMILES string of the molecule is O=C1N=C(N2CCCCC2)S/C1=C\c1ccc(F)c(F)c1. The largest absolute Gasteiger partial charge is 0.351 e. The smallest absolute Gasteiger partial charge is 0.286 e. The summed E-state index contributed by atoms with van der Waals surface area (Å²) in [6.45, 7) is 1.83. The van der Waals surface area contributed by atoms with Crippen LogP contribution in [0.4, 0.5) is 8.78 Å². The Morgan fingerprint density at radius 3 is 2.62 bits per heavy atom. The Bertz CT molecular complexity index is 637. The van der Waals surface area contributed by atoms with E-state index < -0.39 is 11.6 Å². The zero-order valence-corrected chi connectivity index (χ0v) is 12.1. The molecule has 0 unspecified atom stereocenters. The first-order chi connectivity index (χ1) is 10.1. The van der Waals surface area contributed by atoms with Crippen molar-refractivity contribution in [3.8, 4) is 0 Å². The molecule has 0 aliphatic carbocycles. The van der Waals surface area contributed by atoms with Gasteiger partial charge < -0.3 is 4.90 Å². The van der Waals surface area contributed by atoms with Gasteiger partial charge in [0.2, 0.25) is 0 Å². The molecule has 1 amide bonds. The summed E-state index contributed by atoms with van der Waals surface area (Å²) in [5, 5.41) is 0.716. The van der Waals surface area contributed by atoms with Crippen LogP contribution in [0, 0.1) is 11.6 Å². The third kappa shape index (κ3) is 3.15. The summed E-state index contributed by atoms with van der Waals surface area (Å²) < 4.78 is 26.1. The normalized spacial score (nSPS) is 21.0. The Morgan fingerprint density at radius 1 is 1.14 bits per heavy atom. The van der Waals surface area contributed by atoms with Crippen molar-refractivity contribution in [3.63, 3.8) is 0 Å². The van der Waals surface area contributed by atoms with Gasteiger partial charge in [0.25, 0.3) is 5.91 Å². The molecule has 2 heterocycles. The van der Waals surface area contributed by atoms with Gasteiger partial charge in [-0.2, -0.15) is 4.99 Å². The van der Waals surface area contributed by atoms with Crippen LogP contribution in [0.2, 0.25) is 0 Å². The molecule has 0 atom stereocenters. The number of carbonyl (C=O) groups is 1. The number of nitrogens with zero attached hydrogens (tertiary/aromatic N) is 2. The summed E-state index contributed by atoms with van der Waals surface area (Å²) in [7, 11) is 0. The Morgan fingerprint density at radius 2 is 1.90 bits per heavy atom. The van der Waals surface area contributed by atoms with E-state index in [-0.39, 0.29) is 5.91 Å². The lowest BCUT2D eigenvalue weighted by molar-refractivity contribution is -0.113. The number of amidine groups is 1. The quantitative estimate of drug-likeness (QED) is 0.745. The molecule has 110 valence electrons. The molecule has 6 heteroatoms. The molecular formula is C15H14F2N2OS. The predicted molar refractivity (Wildman–Crippen MR) is 79.8 cm³/mol. The van der Waals surface area contributed by atoms with Gasteiger partial charge in [-0.15, -0.1) is 0 Å². The van der Waals surface area contributed by atoms with E-state index in [9.17, 15) is 13.6 Å². The molecule has 0 aromatic heterocycles. The van der Waals surface area contributed by atoms with E-state index in [1.54, 1.807) is 6.08 Å². The second-order valence-corrected chi connectivity index (χ2v) is 6.04. The molecular weight excluding hydrogens is 294 g/mol. The molecule has 2 aliphatic rings. The Balaban J connectivity index is 1.77. The van der Waals surface area contributed by atoms with Gasteiger partial charge >= 0.3 is 0 Å². The van der Waals surface area contributed by atoms with E-state index in [1.165, 1.54) is 24.2 Å². The van der Waals surface area contributed by atoms with Gasteiger partial charge in [-0.3, -0.25) is 4.79 Å². The average Bonchev–Trinajstić information content (AvgIpc) is 2.85. The van der Waals surface area contributed by atoms with Gasteiger partial charge in [-0.05, 0) is 54.8 Å². The minimum atomic E-state index is -0.919. The molecule has 0 bridgehead atoms. The van der Waals surface area contributed by atoms with Gasteiger partial charge in [-0.1, -0.05) is 6.07 Å². The molecule has 2 aliphatic heterocycles. The first kappa shape index (κ1) is 14.3. The number of hydrogen-bond acceptors (Lipinski definition) is 3. The highest BCUT2D eigenvalue weighted by Crippen LogP contribution is 2.31. The second-order valence-electron chi connectivity index (χ2n) is 5.03. The van der Waals surface area contributed by atoms with Crippen LogP contribution in [0.25, 0.3) is 6.08 Å². The van der Waals surface area contributed by atoms with Crippen molar-refractivity contribution in [2.75, 3.05) is 13.1 Å². The number of carbonyl (C=O) groups excluding carboxylic acids is 1. The number of aliphatic imine (C=N–C) groups is 1. The summed E-state index contributed by atoms with van der Waals surface area (Å²) in [6.07, 6.45) is 4.97. The minimum Gasteiger partial charge on any atom is -0.351 e. The third-order valence-electron chi connectivity index (χ3n) is 3.48. The molecule has 0 radical (unpaired) electrons. The fourth-order valence-electron chi connectivity index (χ4n) is 2.37. The van der Waals surface area contributed by atoms with Crippen LogP contribution < -0.4 is 0 Å². The summed E-state index contributed by atoms with van der Waals surface area (Å²) in [4.78, 5) is 18.5. The van der Waals surface area contributed by atoms with Crippen molar-refractivity contribution in [1.82, 2.24) is 4.90 Å². The van der Waals surface area contributed by atoms with Gasteiger partial charge in [0.15, 0.2) is 16.8 Å². The van der Waals surface area contributed by atoms with Crippen LogP contribution in [0.3, 0.4) is 0 Å².